The summed E-state index contributed by atoms with van der Waals surface area (Å²) in [5, 5.41) is 4.75. The van der Waals surface area contributed by atoms with Gasteiger partial charge in [0.15, 0.2) is 0 Å². The predicted octanol–water partition coefficient (Wildman–Crippen LogP) is -2.14. The SMILES string of the molecule is CNC(=O)C(C)(C)CNC(=O)C(=O)NN. The van der Waals surface area contributed by atoms with E-state index in [2.05, 4.69) is 10.6 Å². The Labute approximate surface area is 87.7 Å². The largest absolute Gasteiger partial charge is 0.359 e. The molecule has 0 aromatic heterocycles. The van der Waals surface area contributed by atoms with Gasteiger partial charge in [0.25, 0.3) is 0 Å². The molecule has 0 radical (unpaired) electrons. The van der Waals surface area contributed by atoms with Crippen LogP contribution in [0.25, 0.3) is 0 Å². The Kier molecular flexibility index (Phi) is 4.72. The van der Waals surface area contributed by atoms with Gasteiger partial charge >= 0.3 is 11.8 Å². The lowest BCUT2D eigenvalue weighted by Gasteiger charge is -2.22. The molecule has 7 heteroatoms. The molecule has 7 nitrogen and oxygen atoms in total. The third-order valence-electron chi connectivity index (χ3n) is 1.87. The van der Waals surface area contributed by atoms with E-state index in [1.54, 1.807) is 19.3 Å². The van der Waals surface area contributed by atoms with Crippen molar-refractivity contribution in [3.05, 3.63) is 0 Å². The summed E-state index contributed by atoms with van der Waals surface area (Å²) in [4.78, 5) is 33.0. The monoisotopic (exact) mass is 216 g/mol. The Morgan fingerprint density at radius 2 is 1.73 bits per heavy atom. The molecule has 0 atom stereocenters. The summed E-state index contributed by atoms with van der Waals surface area (Å²) < 4.78 is 0. The van der Waals surface area contributed by atoms with Crippen molar-refractivity contribution in [3.8, 4) is 0 Å². The summed E-state index contributed by atoms with van der Waals surface area (Å²) in [5.41, 5.74) is 0.914. The number of nitrogens with one attached hydrogen (secondary N) is 3. The molecule has 0 aliphatic heterocycles. The molecule has 0 rings (SSSR count). The zero-order valence-corrected chi connectivity index (χ0v) is 9.01. The molecule has 86 valence electrons. The van der Waals surface area contributed by atoms with Crippen LogP contribution in [0.1, 0.15) is 13.8 Å². The van der Waals surface area contributed by atoms with E-state index in [-0.39, 0.29) is 12.5 Å². The first kappa shape index (κ1) is 13.4. The fraction of sp³-hybridized carbons (Fsp3) is 0.625. The smallest absolute Gasteiger partial charge is 0.323 e. The maximum absolute atomic E-state index is 11.3. The zero-order chi connectivity index (χ0) is 12.1. The van der Waals surface area contributed by atoms with Gasteiger partial charge in [-0.25, -0.2) is 5.84 Å². The summed E-state index contributed by atoms with van der Waals surface area (Å²) in [7, 11) is 1.50. The minimum atomic E-state index is -0.942. The average molecular weight is 216 g/mol. The van der Waals surface area contributed by atoms with E-state index in [0.717, 1.165) is 0 Å². The Hall–Kier alpha value is -1.63. The summed E-state index contributed by atoms with van der Waals surface area (Å²) in [6.45, 7) is 3.35. The van der Waals surface area contributed by atoms with Crippen LogP contribution in [0, 0.1) is 5.41 Å². The number of hydrogen-bond donors (Lipinski definition) is 4. The molecule has 0 aliphatic rings. The second-order valence-corrected chi connectivity index (χ2v) is 3.62. The molecule has 0 fully saturated rings. The topological polar surface area (TPSA) is 113 Å². The van der Waals surface area contributed by atoms with Crippen LogP contribution >= 0.6 is 0 Å². The average Bonchev–Trinajstić information content (AvgIpc) is 2.23. The third kappa shape index (κ3) is 3.94. The van der Waals surface area contributed by atoms with Crippen molar-refractivity contribution >= 4 is 17.7 Å². The number of hydrogen-bond acceptors (Lipinski definition) is 4. The lowest BCUT2D eigenvalue weighted by molar-refractivity contribution is -0.140. The molecular weight excluding hydrogens is 200 g/mol. The standard InChI is InChI=1S/C8H16N4O3/c1-8(2,7(15)10-3)4-11-5(13)6(14)12-9/h4,9H2,1-3H3,(H,10,15)(H,11,13)(H,12,14). The highest BCUT2D eigenvalue weighted by atomic mass is 16.2. The number of amides is 3. The van der Waals surface area contributed by atoms with Gasteiger partial charge in [0.2, 0.25) is 5.91 Å². The van der Waals surface area contributed by atoms with E-state index in [4.69, 9.17) is 5.84 Å². The quantitative estimate of drug-likeness (QED) is 0.187. The van der Waals surface area contributed by atoms with Gasteiger partial charge in [0.1, 0.15) is 0 Å². The van der Waals surface area contributed by atoms with Crippen molar-refractivity contribution in [2.24, 2.45) is 11.3 Å². The minimum Gasteiger partial charge on any atom is -0.359 e. The van der Waals surface area contributed by atoms with E-state index >= 15 is 0 Å². The fourth-order valence-corrected chi connectivity index (χ4v) is 0.866. The molecule has 0 bridgehead atoms. The van der Waals surface area contributed by atoms with E-state index < -0.39 is 17.2 Å². The maximum Gasteiger partial charge on any atom is 0.323 e. The molecule has 0 heterocycles. The van der Waals surface area contributed by atoms with Crippen LogP contribution in [0.4, 0.5) is 0 Å². The highest BCUT2D eigenvalue weighted by Gasteiger charge is 2.27. The molecule has 0 spiro atoms. The summed E-state index contributed by atoms with van der Waals surface area (Å²) in [6.07, 6.45) is 0. The van der Waals surface area contributed by atoms with Gasteiger partial charge < -0.3 is 10.6 Å². The maximum atomic E-state index is 11.3. The van der Waals surface area contributed by atoms with E-state index in [9.17, 15) is 14.4 Å². The van der Waals surface area contributed by atoms with Crippen LogP contribution in [0.15, 0.2) is 0 Å². The van der Waals surface area contributed by atoms with Gasteiger partial charge in [-0.15, -0.1) is 0 Å². The normalized spacial score (nSPS) is 10.4. The van der Waals surface area contributed by atoms with E-state index in [1.807, 2.05) is 0 Å². The molecule has 0 saturated heterocycles. The fourth-order valence-electron chi connectivity index (χ4n) is 0.866. The number of hydrazine groups is 1. The molecule has 5 N–H and O–H groups in total. The molecule has 0 aromatic carbocycles. The number of carbonyl (C=O) groups excluding carboxylic acids is 3. The van der Waals surface area contributed by atoms with Gasteiger partial charge in [0, 0.05) is 13.6 Å². The van der Waals surface area contributed by atoms with Crippen molar-refractivity contribution in [1.29, 1.82) is 0 Å². The van der Waals surface area contributed by atoms with Crippen LogP contribution < -0.4 is 21.9 Å². The predicted molar refractivity (Wildman–Crippen MR) is 53.2 cm³/mol. The van der Waals surface area contributed by atoms with Gasteiger partial charge in [-0.1, -0.05) is 0 Å². The molecule has 15 heavy (non-hydrogen) atoms. The van der Waals surface area contributed by atoms with E-state index in [0.29, 0.717) is 0 Å². The lowest BCUT2D eigenvalue weighted by Crippen LogP contribution is -2.48. The first-order valence-electron chi connectivity index (χ1n) is 4.36. The van der Waals surface area contributed by atoms with Crippen LogP contribution in [0.5, 0.6) is 0 Å². The Balaban J connectivity index is 4.21. The Bertz CT molecular complexity index is 275. The number of carbonyl (C=O) groups is 3. The van der Waals surface area contributed by atoms with Crippen LogP contribution in [0.2, 0.25) is 0 Å². The lowest BCUT2D eigenvalue weighted by atomic mass is 9.92. The van der Waals surface area contributed by atoms with Gasteiger partial charge in [-0.3, -0.25) is 19.8 Å². The molecule has 0 aliphatic carbocycles. The Morgan fingerprint density at radius 3 is 2.13 bits per heavy atom. The van der Waals surface area contributed by atoms with Crippen LogP contribution in [0.3, 0.4) is 0 Å². The van der Waals surface area contributed by atoms with Crippen LogP contribution in [-0.2, 0) is 14.4 Å². The molecular formula is C8H16N4O3. The highest BCUT2D eigenvalue weighted by Crippen LogP contribution is 2.12. The number of nitrogens with two attached hydrogens (primary N) is 1. The second-order valence-electron chi connectivity index (χ2n) is 3.62. The second kappa shape index (κ2) is 5.30. The first-order chi connectivity index (χ1) is 6.85. The van der Waals surface area contributed by atoms with Crippen molar-refractivity contribution in [3.63, 3.8) is 0 Å². The molecule has 3 amide bonds. The zero-order valence-electron chi connectivity index (χ0n) is 9.01. The van der Waals surface area contributed by atoms with Crippen molar-refractivity contribution in [1.82, 2.24) is 16.1 Å². The first-order valence-corrected chi connectivity index (χ1v) is 4.36. The molecule has 0 unspecified atom stereocenters. The summed E-state index contributed by atoms with van der Waals surface area (Å²) in [6, 6.07) is 0. The van der Waals surface area contributed by atoms with Crippen molar-refractivity contribution < 1.29 is 14.4 Å². The van der Waals surface area contributed by atoms with Gasteiger partial charge in [-0.05, 0) is 13.8 Å². The number of rotatable bonds is 3. The van der Waals surface area contributed by atoms with Gasteiger partial charge in [0.05, 0.1) is 5.41 Å². The van der Waals surface area contributed by atoms with Crippen molar-refractivity contribution in [2.75, 3.05) is 13.6 Å². The molecule has 0 aromatic rings. The van der Waals surface area contributed by atoms with Crippen molar-refractivity contribution in [2.45, 2.75) is 13.8 Å². The summed E-state index contributed by atoms with van der Waals surface area (Å²) >= 11 is 0. The molecule has 0 saturated carbocycles. The summed E-state index contributed by atoms with van der Waals surface area (Å²) in [5.74, 6) is 2.72. The Morgan fingerprint density at radius 1 is 1.20 bits per heavy atom. The van der Waals surface area contributed by atoms with Crippen LogP contribution in [-0.4, -0.2) is 31.3 Å². The minimum absolute atomic E-state index is 0.0545. The van der Waals surface area contributed by atoms with E-state index in [1.165, 1.54) is 7.05 Å². The highest BCUT2D eigenvalue weighted by molar-refractivity contribution is 6.34. The third-order valence-corrected chi connectivity index (χ3v) is 1.87. The van der Waals surface area contributed by atoms with Gasteiger partial charge in [-0.2, -0.15) is 0 Å².